The van der Waals surface area contributed by atoms with Crippen molar-refractivity contribution in [2.45, 2.75) is 32.7 Å². The van der Waals surface area contributed by atoms with Crippen molar-refractivity contribution in [3.63, 3.8) is 0 Å². The predicted octanol–water partition coefficient (Wildman–Crippen LogP) is 2.46. The van der Waals surface area contributed by atoms with Gasteiger partial charge in [-0.15, -0.1) is 0 Å². The molecule has 5 nitrogen and oxygen atoms in total. The van der Waals surface area contributed by atoms with E-state index in [9.17, 15) is 9.59 Å². The number of rotatable bonds is 6. The molecular formula is C18H26ClN3O2. The molecule has 0 spiro atoms. The monoisotopic (exact) mass is 351 g/mol. The number of halogens is 1. The Labute approximate surface area is 149 Å². The number of nitrogens with zero attached hydrogens (tertiary/aromatic N) is 2. The average Bonchev–Trinajstić information content (AvgIpc) is 2.61. The van der Waals surface area contributed by atoms with Gasteiger partial charge >= 0.3 is 0 Å². The fraction of sp³-hybridized carbons (Fsp3) is 0.556. The van der Waals surface area contributed by atoms with Crippen LogP contribution in [0.15, 0.2) is 24.3 Å². The summed E-state index contributed by atoms with van der Waals surface area (Å²) in [6, 6.07) is 7.54. The second-order valence-electron chi connectivity index (χ2n) is 5.89. The molecule has 0 radical (unpaired) electrons. The molecule has 0 aromatic heterocycles. The Morgan fingerprint density at radius 3 is 2.62 bits per heavy atom. The SMILES string of the molecule is CCN(CC)C(=O)CCC(=O)N1CCNCC1c1ccccc1Cl. The summed E-state index contributed by atoms with van der Waals surface area (Å²) in [5.41, 5.74) is 0.954. The van der Waals surface area contributed by atoms with Crippen LogP contribution in [0.5, 0.6) is 0 Å². The van der Waals surface area contributed by atoms with Gasteiger partial charge in [0.2, 0.25) is 11.8 Å². The molecule has 1 aromatic rings. The van der Waals surface area contributed by atoms with Gasteiger partial charge in [0.1, 0.15) is 0 Å². The summed E-state index contributed by atoms with van der Waals surface area (Å²) in [5, 5.41) is 3.99. The number of nitrogens with one attached hydrogen (secondary N) is 1. The Kier molecular flexibility index (Phi) is 7.06. The lowest BCUT2D eigenvalue weighted by Crippen LogP contribution is -2.49. The smallest absolute Gasteiger partial charge is 0.223 e. The number of piperazine rings is 1. The minimum atomic E-state index is -0.0801. The van der Waals surface area contributed by atoms with Gasteiger partial charge in [-0.25, -0.2) is 0 Å². The summed E-state index contributed by atoms with van der Waals surface area (Å²) in [6.45, 7) is 7.34. The number of carbonyl (C=O) groups is 2. The van der Waals surface area contributed by atoms with Crippen LogP contribution in [0.1, 0.15) is 38.3 Å². The highest BCUT2D eigenvalue weighted by molar-refractivity contribution is 6.31. The fourth-order valence-corrected chi connectivity index (χ4v) is 3.38. The van der Waals surface area contributed by atoms with E-state index >= 15 is 0 Å². The van der Waals surface area contributed by atoms with E-state index in [1.807, 2.05) is 43.0 Å². The van der Waals surface area contributed by atoms with E-state index < -0.39 is 0 Å². The minimum absolute atomic E-state index is 0.0157. The van der Waals surface area contributed by atoms with Crippen molar-refractivity contribution in [2.24, 2.45) is 0 Å². The second-order valence-corrected chi connectivity index (χ2v) is 6.30. The molecule has 1 N–H and O–H groups in total. The summed E-state index contributed by atoms with van der Waals surface area (Å²) in [6.07, 6.45) is 0.510. The molecule has 0 bridgehead atoms. The van der Waals surface area contributed by atoms with Crippen LogP contribution in [0.25, 0.3) is 0 Å². The molecule has 24 heavy (non-hydrogen) atoms. The predicted molar refractivity (Wildman–Crippen MR) is 95.9 cm³/mol. The Hall–Kier alpha value is -1.59. The average molecular weight is 352 g/mol. The fourth-order valence-electron chi connectivity index (χ4n) is 3.12. The van der Waals surface area contributed by atoms with Crippen molar-refractivity contribution in [1.29, 1.82) is 0 Å². The van der Waals surface area contributed by atoms with Crippen molar-refractivity contribution in [2.75, 3.05) is 32.7 Å². The first kappa shape index (κ1) is 18.7. The number of hydrogen-bond donors (Lipinski definition) is 1. The Morgan fingerprint density at radius 1 is 1.25 bits per heavy atom. The molecule has 1 unspecified atom stereocenters. The van der Waals surface area contributed by atoms with Crippen molar-refractivity contribution in [3.05, 3.63) is 34.9 Å². The molecule has 0 saturated carbocycles. The van der Waals surface area contributed by atoms with Crippen LogP contribution in [0.2, 0.25) is 5.02 Å². The maximum absolute atomic E-state index is 12.7. The van der Waals surface area contributed by atoms with Crippen LogP contribution in [0.4, 0.5) is 0 Å². The molecule has 1 aliphatic heterocycles. The molecule has 2 amide bonds. The minimum Gasteiger partial charge on any atom is -0.343 e. The van der Waals surface area contributed by atoms with Crippen molar-refractivity contribution in [3.8, 4) is 0 Å². The van der Waals surface area contributed by atoms with Gasteiger partial charge in [0.05, 0.1) is 6.04 Å². The zero-order valence-corrected chi connectivity index (χ0v) is 15.2. The first-order chi connectivity index (χ1) is 11.6. The Balaban J connectivity index is 2.03. The van der Waals surface area contributed by atoms with Gasteiger partial charge in [-0.2, -0.15) is 0 Å². The first-order valence-corrected chi connectivity index (χ1v) is 8.98. The molecule has 1 heterocycles. The quantitative estimate of drug-likeness (QED) is 0.856. The highest BCUT2D eigenvalue weighted by Gasteiger charge is 2.29. The largest absolute Gasteiger partial charge is 0.343 e. The molecule has 132 valence electrons. The Bertz CT molecular complexity index is 575. The number of benzene rings is 1. The normalized spacial score (nSPS) is 17.6. The molecule has 1 fully saturated rings. The van der Waals surface area contributed by atoms with Crippen LogP contribution in [-0.2, 0) is 9.59 Å². The van der Waals surface area contributed by atoms with Gasteiger partial charge in [0.15, 0.2) is 0 Å². The van der Waals surface area contributed by atoms with Crippen molar-refractivity contribution >= 4 is 23.4 Å². The Morgan fingerprint density at radius 2 is 1.96 bits per heavy atom. The van der Waals surface area contributed by atoms with Crippen LogP contribution in [0, 0.1) is 0 Å². The molecule has 1 aromatic carbocycles. The maximum atomic E-state index is 12.7. The topological polar surface area (TPSA) is 52.7 Å². The van der Waals surface area contributed by atoms with Gasteiger partial charge in [0.25, 0.3) is 0 Å². The van der Waals surface area contributed by atoms with E-state index in [-0.39, 0.29) is 30.7 Å². The third kappa shape index (κ3) is 4.48. The molecule has 2 rings (SSSR count). The molecule has 1 saturated heterocycles. The van der Waals surface area contributed by atoms with Crippen molar-refractivity contribution < 1.29 is 9.59 Å². The van der Waals surface area contributed by atoms with Gasteiger partial charge in [-0.3, -0.25) is 9.59 Å². The maximum Gasteiger partial charge on any atom is 0.223 e. The zero-order chi connectivity index (χ0) is 17.5. The lowest BCUT2D eigenvalue weighted by Gasteiger charge is -2.37. The van der Waals surface area contributed by atoms with E-state index in [1.54, 1.807) is 4.90 Å². The standard InChI is InChI=1S/C18H26ClN3O2/c1-3-21(4-2)17(23)9-10-18(24)22-12-11-20-13-16(22)14-7-5-6-8-15(14)19/h5-8,16,20H,3-4,9-13H2,1-2H3. The zero-order valence-electron chi connectivity index (χ0n) is 14.4. The van der Waals surface area contributed by atoms with E-state index in [0.717, 1.165) is 12.1 Å². The van der Waals surface area contributed by atoms with Gasteiger partial charge in [0, 0.05) is 50.6 Å². The van der Waals surface area contributed by atoms with Gasteiger partial charge in [-0.1, -0.05) is 29.8 Å². The summed E-state index contributed by atoms with van der Waals surface area (Å²) in [5.74, 6) is 0.0553. The third-order valence-corrected chi connectivity index (χ3v) is 4.84. The molecule has 0 aliphatic carbocycles. The summed E-state index contributed by atoms with van der Waals surface area (Å²) in [4.78, 5) is 28.4. The van der Waals surface area contributed by atoms with Crippen LogP contribution < -0.4 is 5.32 Å². The first-order valence-electron chi connectivity index (χ1n) is 8.60. The van der Waals surface area contributed by atoms with E-state index in [1.165, 1.54) is 0 Å². The van der Waals surface area contributed by atoms with Crippen LogP contribution >= 0.6 is 11.6 Å². The highest BCUT2D eigenvalue weighted by atomic mass is 35.5. The summed E-state index contributed by atoms with van der Waals surface area (Å²) >= 11 is 6.31. The van der Waals surface area contributed by atoms with Crippen LogP contribution in [0.3, 0.4) is 0 Å². The summed E-state index contributed by atoms with van der Waals surface area (Å²) in [7, 11) is 0. The molecule has 1 aliphatic rings. The van der Waals surface area contributed by atoms with E-state index in [0.29, 0.717) is 31.2 Å². The lowest BCUT2D eigenvalue weighted by molar-refractivity contribution is -0.138. The number of hydrogen-bond acceptors (Lipinski definition) is 3. The van der Waals surface area contributed by atoms with Crippen molar-refractivity contribution in [1.82, 2.24) is 15.1 Å². The third-order valence-electron chi connectivity index (χ3n) is 4.50. The molecular weight excluding hydrogens is 326 g/mol. The highest BCUT2D eigenvalue weighted by Crippen LogP contribution is 2.29. The van der Waals surface area contributed by atoms with E-state index in [4.69, 9.17) is 11.6 Å². The second kappa shape index (κ2) is 9.04. The number of amides is 2. The van der Waals surface area contributed by atoms with Gasteiger partial charge in [-0.05, 0) is 25.5 Å². The van der Waals surface area contributed by atoms with Gasteiger partial charge < -0.3 is 15.1 Å². The molecule has 1 atom stereocenters. The van der Waals surface area contributed by atoms with E-state index in [2.05, 4.69) is 5.32 Å². The molecule has 6 heteroatoms. The van der Waals surface area contributed by atoms with Crippen LogP contribution in [-0.4, -0.2) is 54.3 Å². The number of carbonyl (C=O) groups excluding carboxylic acids is 2. The lowest BCUT2D eigenvalue weighted by atomic mass is 10.0. The summed E-state index contributed by atoms with van der Waals surface area (Å²) < 4.78 is 0.